The number of aromatic nitrogens is 1. The number of phenolic OH excluding ortho intramolecular Hbond substituents is 1. The van der Waals surface area contributed by atoms with Crippen molar-refractivity contribution in [1.29, 1.82) is 0 Å². The van der Waals surface area contributed by atoms with E-state index in [1.807, 2.05) is 0 Å². The Hall–Kier alpha value is -2.12. The van der Waals surface area contributed by atoms with Crippen LogP contribution in [-0.4, -0.2) is 29.3 Å². The molecule has 0 radical (unpaired) electrons. The normalized spacial score (nSPS) is 10.7. The molecule has 1 aromatic heterocycles. The molecule has 2 rings (SSSR count). The summed E-state index contributed by atoms with van der Waals surface area (Å²) >= 11 is 9.09. The Morgan fingerprint density at radius 3 is 2.91 bits per heavy atom. The lowest BCUT2D eigenvalue weighted by Crippen LogP contribution is -2.17. The fourth-order valence-corrected chi connectivity index (χ4v) is 2.17. The van der Waals surface area contributed by atoms with Crippen molar-refractivity contribution >= 4 is 39.7 Å². The number of amides is 1. The van der Waals surface area contributed by atoms with Gasteiger partial charge in [0.1, 0.15) is 0 Å². The van der Waals surface area contributed by atoms with Crippen molar-refractivity contribution in [3.8, 4) is 11.5 Å². The zero-order chi connectivity index (χ0) is 16.1. The molecule has 1 amide bonds. The Morgan fingerprint density at radius 1 is 1.45 bits per heavy atom. The molecule has 0 bridgehead atoms. The summed E-state index contributed by atoms with van der Waals surface area (Å²) < 4.78 is 5.67. The number of hydrogen-bond donors (Lipinski definition) is 2. The second kappa shape index (κ2) is 7.24. The van der Waals surface area contributed by atoms with Crippen molar-refractivity contribution in [2.75, 3.05) is 7.11 Å². The van der Waals surface area contributed by atoms with Crippen molar-refractivity contribution in [2.24, 2.45) is 5.10 Å². The number of hydrogen-bond acceptors (Lipinski definition) is 5. The van der Waals surface area contributed by atoms with Crippen LogP contribution in [0.25, 0.3) is 0 Å². The van der Waals surface area contributed by atoms with Crippen molar-refractivity contribution < 1.29 is 14.6 Å². The van der Waals surface area contributed by atoms with Crippen LogP contribution in [0.2, 0.25) is 5.02 Å². The Labute approximate surface area is 139 Å². The van der Waals surface area contributed by atoms with E-state index in [4.69, 9.17) is 16.3 Å². The van der Waals surface area contributed by atoms with Crippen molar-refractivity contribution in [3.05, 3.63) is 51.2 Å². The summed E-state index contributed by atoms with van der Waals surface area (Å²) in [5.74, 6) is -0.330. The highest BCUT2D eigenvalue weighted by atomic mass is 79.9. The van der Waals surface area contributed by atoms with E-state index in [1.165, 1.54) is 31.7 Å². The molecule has 0 unspecified atom stereocenters. The summed E-state index contributed by atoms with van der Waals surface area (Å²) in [5, 5.41) is 13.6. The molecule has 1 heterocycles. The minimum Gasteiger partial charge on any atom is -0.503 e. The molecule has 114 valence electrons. The van der Waals surface area contributed by atoms with E-state index < -0.39 is 5.91 Å². The third-order valence-electron chi connectivity index (χ3n) is 2.62. The summed E-state index contributed by atoms with van der Waals surface area (Å²) in [7, 11) is 1.41. The van der Waals surface area contributed by atoms with Crippen LogP contribution < -0.4 is 10.2 Å². The highest BCUT2D eigenvalue weighted by molar-refractivity contribution is 9.10. The van der Waals surface area contributed by atoms with Crippen molar-refractivity contribution in [3.63, 3.8) is 0 Å². The number of nitrogens with one attached hydrogen (secondary N) is 1. The number of carbonyl (C=O) groups excluding carboxylic acids is 1. The second-order valence-electron chi connectivity index (χ2n) is 4.14. The van der Waals surface area contributed by atoms with Gasteiger partial charge in [0.2, 0.25) is 0 Å². The maximum atomic E-state index is 11.9. The van der Waals surface area contributed by atoms with Crippen LogP contribution in [0.3, 0.4) is 0 Å². The van der Waals surface area contributed by atoms with Gasteiger partial charge in [-0.25, -0.2) is 5.43 Å². The lowest BCUT2D eigenvalue weighted by atomic mass is 10.2. The largest absolute Gasteiger partial charge is 0.503 e. The first kappa shape index (κ1) is 16.3. The number of rotatable bonds is 4. The third-order valence-corrected chi connectivity index (χ3v) is 3.34. The molecule has 0 spiro atoms. The van der Waals surface area contributed by atoms with Crippen LogP contribution in [0, 0.1) is 0 Å². The van der Waals surface area contributed by atoms with Crippen LogP contribution in [0.5, 0.6) is 11.5 Å². The van der Waals surface area contributed by atoms with Gasteiger partial charge in [0.05, 0.1) is 23.9 Å². The molecule has 1 aromatic carbocycles. The molecule has 8 heteroatoms. The standard InChI is InChI=1S/C14H11BrClN3O3/c1-22-12-3-8(2-11(16)13(12)20)5-18-19-14(21)9-4-10(15)7-17-6-9/h2-7,20H,1H3,(H,19,21)/b18-5-. The second-order valence-corrected chi connectivity index (χ2v) is 5.47. The average molecular weight is 385 g/mol. The Kier molecular flexibility index (Phi) is 5.35. The van der Waals surface area contributed by atoms with Gasteiger partial charge >= 0.3 is 0 Å². The number of methoxy groups -OCH3 is 1. The zero-order valence-electron chi connectivity index (χ0n) is 11.4. The van der Waals surface area contributed by atoms with E-state index in [-0.39, 0.29) is 16.5 Å². The molecular weight excluding hydrogens is 374 g/mol. The first-order valence-electron chi connectivity index (χ1n) is 6.01. The number of halogens is 2. The molecule has 0 aliphatic rings. The van der Waals surface area contributed by atoms with Gasteiger partial charge in [-0.2, -0.15) is 5.10 Å². The van der Waals surface area contributed by atoms with E-state index in [1.54, 1.807) is 12.3 Å². The number of nitrogens with zero attached hydrogens (tertiary/aromatic N) is 2. The fraction of sp³-hybridized carbons (Fsp3) is 0.0714. The molecule has 0 saturated heterocycles. The fourth-order valence-electron chi connectivity index (χ4n) is 1.59. The van der Waals surface area contributed by atoms with E-state index in [9.17, 15) is 9.90 Å². The van der Waals surface area contributed by atoms with Crippen LogP contribution in [0.4, 0.5) is 0 Å². The average Bonchev–Trinajstić information content (AvgIpc) is 2.50. The molecule has 0 atom stereocenters. The van der Waals surface area contributed by atoms with Gasteiger partial charge in [0.15, 0.2) is 11.5 Å². The maximum absolute atomic E-state index is 11.9. The zero-order valence-corrected chi connectivity index (χ0v) is 13.7. The predicted octanol–water partition coefficient (Wildman–Crippen LogP) is 2.98. The molecule has 0 aliphatic carbocycles. The molecule has 0 saturated carbocycles. The van der Waals surface area contributed by atoms with Gasteiger partial charge < -0.3 is 9.84 Å². The number of phenols is 1. The van der Waals surface area contributed by atoms with E-state index in [0.29, 0.717) is 15.6 Å². The van der Waals surface area contributed by atoms with Gasteiger partial charge in [-0.15, -0.1) is 0 Å². The molecule has 0 fully saturated rings. The molecule has 2 N–H and O–H groups in total. The van der Waals surface area contributed by atoms with Gasteiger partial charge in [0.25, 0.3) is 5.91 Å². The smallest absolute Gasteiger partial charge is 0.272 e. The number of benzene rings is 1. The van der Waals surface area contributed by atoms with Gasteiger partial charge in [0, 0.05) is 16.9 Å². The Bertz CT molecular complexity index is 737. The number of carbonyl (C=O) groups is 1. The van der Waals surface area contributed by atoms with Crippen LogP contribution in [0.15, 0.2) is 40.2 Å². The number of ether oxygens (including phenoxy) is 1. The van der Waals surface area contributed by atoms with Crippen molar-refractivity contribution in [1.82, 2.24) is 10.4 Å². The van der Waals surface area contributed by atoms with E-state index in [2.05, 4.69) is 31.4 Å². The summed E-state index contributed by atoms with van der Waals surface area (Å²) in [6.07, 6.45) is 4.39. The quantitative estimate of drug-likeness (QED) is 0.627. The number of hydrazone groups is 1. The van der Waals surface area contributed by atoms with Crippen LogP contribution >= 0.6 is 27.5 Å². The van der Waals surface area contributed by atoms with E-state index in [0.717, 1.165) is 0 Å². The SMILES string of the molecule is COc1cc(/C=N\NC(=O)c2cncc(Br)c2)cc(Cl)c1O. The van der Waals surface area contributed by atoms with Gasteiger partial charge in [-0.1, -0.05) is 11.6 Å². The topological polar surface area (TPSA) is 83.8 Å². The number of aromatic hydroxyl groups is 1. The van der Waals surface area contributed by atoms with E-state index >= 15 is 0 Å². The number of pyridine rings is 1. The first-order valence-corrected chi connectivity index (χ1v) is 7.19. The molecule has 22 heavy (non-hydrogen) atoms. The van der Waals surface area contributed by atoms with Crippen molar-refractivity contribution in [2.45, 2.75) is 0 Å². The highest BCUT2D eigenvalue weighted by Gasteiger charge is 2.08. The highest BCUT2D eigenvalue weighted by Crippen LogP contribution is 2.34. The molecule has 6 nitrogen and oxygen atoms in total. The first-order chi connectivity index (χ1) is 10.5. The molecule has 2 aromatic rings. The summed E-state index contributed by atoms with van der Waals surface area (Å²) in [5.41, 5.74) is 3.30. The third kappa shape index (κ3) is 3.96. The van der Waals surface area contributed by atoms with Gasteiger partial charge in [-0.05, 0) is 39.7 Å². The lowest BCUT2D eigenvalue weighted by Gasteiger charge is -2.06. The van der Waals surface area contributed by atoms with Crippen LogP contribution in [0.1, 0.15) is 15.9 Å². The molecular formula is C14H11BrClN3O3. The summed E-state index contributed by atoms with van der Waals surface area (Å²) in [4.78, 5) is 15.7. The maximum Gasteiger partial charge on any atom is 0.272 e. The summed E-state index contributed by atoms with van der Waals surface area (Å²) in [6.45, 7) is 0. The van der Waals surface area contributed by atoms with Gasteiger partial charge in [-0.3, -0.25) is 9.78 Å². The predicted molar refractivity (Wildman–Crippen MR) is 86.7 cm³/mol. The monoisotopic (exact) mass is 383 g/mol. The summed E-state index contributed by atoms with van der Waals surface area (Å²) in [6, 6.07) is 4.66. The minimum atomic E-state index is -0.401. The molecule has 0 aliphatic heterocycles. The Morgan fingerprint density at radius 2 is 2.23 bits per heavy atom. The lowest BCUT2D eigenvalue weighted by molar-refractivity contribution is 0.0954. The minimum absolute atomic E-state index is 0.128. The van der Waals surface area contributed by atoms with Crippen LogP contribution in [-0.2, 0) is 0 Å². The Balaban J connectivity index is 2.10.